The van der Waals surface area contributed by atoms with Crippen molar-refractivity contribution in [1.29, 1.82) is 0 Å². The van der Waals surface area contributed by atoms with Crippen LogP contribution in [0, 0.1) is 11.8 Å². The van der Waals surface area contributed by atoms with E-state index in [0.29, 0.717) is 18.3 Å². The van der Waals surface area contributed by atoms with Crippen LogP contribution < -0.4 is 0 Å². The number of hydrogen-bond donors (Lipinski definition) is 0. The first-order valence-electron chi connectivity index (χ1n) is 8.50. The standard InChI is InChI=1S/C18H35NO2Si/c1-14-9-10-15(13-17(20)19(5)6)11-12-16(14)21-22(7,8)18(2,3)4/h9-10,14-16H,11-13H2,1-8H3/t14-,15+,16-/m0/s1. The van der Waals surface area contributed by atoms with Crippen molar-refractivity contribution in [2.45, 2.75) is 71.2 Å². The van der Waals surface area contributed by atoms with E-state index in [1.165, 1.54) is 0 Å². The Bertz CT molecular complexity index is 410. The maximum atomic E-state index is 11.9. The lowest BCUT2D eigenvalue weighted by atomic mass is 9.98. The normalized spacial score (nSPS) is 26.6. The Morgan fingerprint density at radius 2 is 1.82 bits per heavy atom. The highest BCUT2D eigenvalue weighted by molar-refractivity contribution is 6.74. The van der Waals surface area contributed by atoms with Crippen LogP contribution in [-0.2, 0) is 9.22 Å². The van der Waals surface area contributed by atoms with Gasteiger partial charge in [-0.25, -0.2) is 0 Å². The second-order valence-electron chi connectivity index (χ2n) is 8.49. The van der Waals surface area contributed by atoms with Crippen LogP contribution in [0.5, 0.6) is 0 Å². The number of rotatable bonds is 4. The second-order valence-corrected chi connectivity index (χ2v) is 13.2. The van der Waals surface area contributed by atoms with E-state index in [0.717, 1.165) is 12.8 Å². The fraction of sp³-hybridized carbons (Fsp3) is 0.833. The molecule has 1 aliphatic carbocycles. The molecule has 0 fully saturated rings. The molecule has 0 saturated heterocycles. The summed E-state index contributed by atoms with van der Waals surface area (Å²) in [6, 6.07) is 0. The lowest BCUT2D eigenvalue weighted by Gasteiger charge is -2.40. The average molecular weight is 326 g/mol. The topological polar surface area (TPSA) is 29.5 Å². The van der Waals surface area contributed by atoms with Gasteiger partial charge in [0.25, 0.3) is 0 Å². The molecule has 3 nitrogen and oxygen atoms in total. The zero-order valence-electron chi connectivity index (χ0n) is 15.8. The highest BCUT2D eigenvalue weighted by atomic mass is 28.4. The molecule has 1 amide bonds. The van der Waals surface area contributed by atoms with E-state index in [-0.39, 0.29) is 17.0 Å². The molecule has 0 aliphatic heterocycles. The van der Waals surface area contributed by atoms with Crippen LogP contribution in [0.1, 0.15) is 47.0 Å². The molecular weight excluding hydrogens is 290 g/mol. The first-order valence-corrected chi connectivity index (χ1v) is 11.4. The minimum Gasteiger partial charge on any atom is -0.413 e. The van der Waals surface area contributed by atoms with E-state index in [2.05, 4.69) is 52.9 Å². The van der Waals surface area contributed by atoms with Crippen LogP contribution in [0.4, 0.5) is 0 Å². The fourth-order valence-electron chi connectivity index (χ4n) is 2.49. The molecule has 0 spiro atoms. The Morgan fingerprint density at radius 1 is 1.23 bits per heavy atom. The Hall–Kier alpha value is -0.613. The van der Waals surface area contributed by atoms with Crippen molar-refractivity contribution in [3.63, 3.8) is 0 Å². The molecule has 0 heterocycles. The van der Waals surface area contributed by atoms with Gasteiger partial charge in [-0.3, -0.25) is 4.79 Å². The monoisotopic (exact) mass is 325 g/mol. The second kappa shape index (κ2) is 7.31. The van der Waals surface area contributed by atoms with E-state index in [1.807, 2.05) is 14.1 Å². The number of carbonyl (C=O) groups excluding carboxylic acids is 1. The Morgan fingerprint density at radius 3 is 2.32 bits per heavy atom. The number of amides is 1. The van der Waals surface area contributed by atoms with E-state index in [9.17, 15) is 4.79 Å². The molecule has 0 unspecified atom stereocenters. The lowest BCUT2D eigenvalue weighted by Crippen LogP contribution is -2.45. The minimum absolute atomic E-state index is 0.214. The summed E-state index contributed by atoms with van der Waals surface area (Å²) in [6.45, 7) is 13.7. The van der Waals surface area contributed by atoms with E-state index >= 15 is 0 Å². The molecule has 1 aliphatic rings. The van der Waals surface area contributed by atoms with Gasteiger partial charge in [-0.2, -0.15) is 0 Å². The van der Waals surface area contributed by atoms with Crippen molar-refractivity contribution in [3.05, 3.63) is 12.2 Å². The predicted molar refractivity (Wildman–Crippen MR) is 96.4 cm³/mol. The highest BCUT2D eigenvalue weighted by Crippen LogP contribution is 2.39. The zero-order chi connectivity index (χ0) is 17.1. The molecule has 0 N–H and O–H groups in total. The third kappa shape index (κ3) is 5.23. The highest BCUT2D eigenvalue weighted by Gasteiger charge is 2.40. The summed E-state index contributed by atoms with van der Waals surface area (Å²) in [5.74, 6) is 0.991. The smallest absolute Gasteiger partial charge is 0.222 e. The van der Waals surface area contributed by atoms with Crippen LogP contribution in [0.3, 0.4) is 0 Å². The fourth-order valence-corrected chi connectivity index (χ4v) is 3.94. The van der Waals surface area contributed by atoms with Gasteiger partial charge in [-0.1, -0.05) is 39.8 Å². The molecule has 0 aromatic carbocycles. The summed E-state index contributed by atoms with van der Waals surface area (Å²) in [5.41, 5.74) is 0. The quantitative estimate of drug-likeness (QED) is 0.564. The zero-order valence-corrected chi connectivity index (χ0v) is 16.8. The number of hydrogen-bond acceptors (Lipinski definition) is 2. The third-order valence-electron chi connectivity index (χ3n) is 5.28. The van der Waals surface area contributed by atoms with Crippen molar-refractivity contribution in [2.24, 2.45) is 11.8 Å². The molecule has 0 bridgehead atoms. The lowest BCUT2D eigenvalue weighted by molar-refractivity contribution is -0.129. The van der Waals surface area contributed by atoms with Crippen LogP contribution in [0.25, 0.3) is 0 Å². The Kier molecular flexibility index (Phi) is 6.45. The minimum atomic E-state index is -1.74. The van der Waals surface area contributed by atoms with Gasteiger partial charge in [-0.15, -0.1) is 0 Å². The van der Waals surface area contributed by atoms with Crippen molar-refractivity contribution in [3.8, 4) is 0 Å². The van der Waals surface area contributed by atoms with Gasteiger partial charge in [0.2, 0.25) is 5.91 Å². The molecule has 128 valence electrons. The van der Waals surface area contributed by atoms with E-state index in [1.54, 1.807) is 4.90 Å². The molecule has 0 radical (unpaired) electrons. The third-order valence-corrected chi connectivity index (χ3v) is 9.79. The SMILES string of the molecule is C[C@H]1C=C[C@@H](CC(=O)N(C)C)CC[C@@H]1O[Si](C)(C)C(C)(C)C. The molecule has 0 aromatic rings. The molecule has 1 rings (SSSR count). The van der Waals surface area contributed by atoms with Gasteiger partial charge in [0.1, 0.15) is 0 Å². The summed E-state index contributed by atoms with van der Waals surface area (Å²) in [6.07, 6.45) is 7.49. The van der Waals surface area contributed by atoms with Gasteiger partial charge in [0.15, 0.2) is 8.32 Å². The largest absolute Gasteiger partial charge is 0.413 e. The maximum absolute atomic E-state index is 11.9. The van der Waals surface area contributed by atoms with Crippen molar-refractivity contribution >= 4 is 14.2 Å². The van der Waals surface area contributed by atoms with Crippen LogP contribution >= 0.6 is 0 Å². The molecule has 0 saturated carbocycles. The predicted octanol–water partition coefficient (Wildman–Crippen LogP) is 4.46. The Balaban J connectivity index is 2.69. The van der Waals surface area contributed by atoms with Gasteiger partial charge < -0.3 is 9.33 Å². The molecule has 22 heavy (non-hydrogen) atoms. The van der Waals surface area contributed by atoms with Crippen LogP contribution in [0.2, 0.25) is 18.1 Å². The summed E-state index contributed by atoms with van der Waals surface area (Å²) < 4.78 is 6.63. The van der Waals surface area contributed by atoms with Crippen LogP contribution in [0.15, 0.2) is 12.2 Å². The van der Waals surface area contributed by atoms with Crippen LogP contribution in [-0.4, -0.2) is 39.3 Å². The van der Waals surface area contributed by atoms with E-state index < -0.39 is 8.32 Å². The van der Waals surface area contributed by atoms with Gasteiger partial charge in [-0.05, 0) is 42.8 Å². The van der Waals surface area contributed by atoms with Gasteiger partial charge in [0, 0.05) is 20.5 Å². The number of nitrogens with zero attached hydrogens (tertiary/aromatic N) is 1. The van der Waals surface area contributed by atoms with Crippen molar-refractivity contribution < 1.29 is 9.22 Å². The van der Waals surface area contributed by atoms with Crippen molar-refractivity contribution in [2.75, 3.05) is 14.1 Å². The number of carbonyl (C=O) groups is 1. The summed E-state index contributed by atoms with van der Waals surface area (Å²) in [7, 11) is 1.92. The molecule has 4 heteroatoms. The Labute approximate surface area is 138 Å². The molecular formula is C18H35NO2Si. The van der Waals surface area contributed by atoms with Gasteiger partial charge in [0.05, 0.1) is 6.10 Å². The average Bonchev–Trinajstić information content (AvgIpc) is 2.52. The maximum Gasteiger partial charge on any atom is 0.222 e. The summed E-state index contributed by atoms with van der Waals surface area (Å²) in [4.78, 5) is 13.6. The molecule has 0 aromatic heterocycles. The first-order chi connectivity index (χ1) is 9.94. The first kappa shape index (κ1) is 19.4. The summed E-state index contributed by atoms with van der Waals surface area (Å²) >= 11 is 0. The number of allylic oxidation sites excluding steroid dienone is 1. The van der Waals surface area contributed by atoms with E-state index in [4.69, 9.17) is 4.43 Å². The summed E-state index contributed by atoms with van der Waals surface area (Å²) in [5, 5.41) is 0.239. The van der Waals surface area contributed by atoms with Crippen molar-refractivity contribution in [1.82, 2.24) is 4.90 Å². The van der Waals surface area contributed by atoms with Gasteiger partial charge >= 0.3 is 0 Å². The molecule has 3 atom stereocenters.